The van der Waals surface area contributed by atoms with E-state index in [0.717, 1.165) is 36.3 Å². The first-order chi connectivity index (χ1) is 8.36. The maximum absolute atomic E-state index is 5.84. The molecule has 1 aromatic carbocycles. The fraction of sp³-hybridized carbons (Fsp3) is 0.429. The highest BCUT2D eigenvalue weighted by Crippen LogP contribution is 2.27. The van der Waals surface area contributed by atoms with Crippen LogP contribution in [0.2, 0.25) is 0 Å². The molecule has 90 valence electrons. The van der Waals surface area contributed by atoms with Crippen LogP contribution in [-0.4, -0.2) is 19.2 Å². The van der Waals surface area contributed by atoms with Crippen molar-refractivity contribution in [3.8, 4) is 0 Å². The number of para-hydroxylation sites is 1. The molecule has 1 aliphatic heterocycles. The summed E-state index contributed by atoms with van der Waals surface area (Å²) >= 11 is 0. The molecule has 3 nitrogen and oxygen atoms in total. The minimum atomic E-state index is 0.0465. The average Bonchev–Trinajstić information content (AvgIpc) is 2.82. The molecule has 2 heterocycles. The van der Waals surface area contributed by atoms with Crippen LogP contribution < -0.4 is 5.32 Å². The van der Waals surface area contributed by atoms with E-state index in [1.807, 2.05) is 18.2 Å². The molecular formula is C14H17NO2. The van der Waals surface area contributed by atoms with Gasteiger partial charge in [0.05, 0.1) is 6.61 Å². The van der Waals surface area contributed by atoms with Crippen molar-refractivity contribution in [2.75, 3.05) is 13.2 Å². The first-order valence-electron chi connectivity index (χ1n) is 6.20. The molecule has 1 N–H and O–H groups in total. The van der Waals surface area contributed by atoms with E-state index < -0.39 is 0 Å². The van der Waals surface area contributed by atoms with E-state index in [1.54, 1.807) is 0 Å². The molecule has 0 amide bonds. The fourth-order valence-corrected chi connectivity index (χ4v) is 2.23. The van der Waals surface area contributed by atoms with Gasteiger partial charge < -0.3 is 14.5 Å². The molecule has 0 aliphatic carbocycles. The predicted molar refractivity (Wildman–Crippen MR) is 67.0 cm³/mol. The molecule has 3 rings (SSSR count). The van der Waals surface area contributed by atoms with E-state index in [4.69, 9.17) is 9.15 Å². The molecule has 3 heteroatoms. The highest BCUT2D eigenvalue weighted by atomic mass is 16.5. The third-order valence-corrected chi connectivity index (χ3v) is 3.35. The fourth-order valence-electron chi connectivity index (χ4n) is 2.23. The molecular weight excluding hydrogens is 214 g/mol. The summed E-state index contributed by atoms with van der Waals surface area (Å²) in [7, 11) is 0. The zero-order valence-electron chi connectivity index (χ0n) is 9.98. The Labute approximate surface area is 101 Å². The third-order valence-electron chi connectivity index (χ3n) is 3.35. The van der Waals surface area contributed by atoms with E-state index >= 15 is 0 Å². The molecule has 1 aliphatic rings. The monoisotopic (exact) mass is 231 g/mol. The Morgan fingerprint density at radius 1 is 1.35 bits per heavy atom. The summed E-state index contributed by atoms with van der Waals surface area (Å²) in [5.41, 5.74) is 0.934. The second-order valence-corrected chi connectivity index (χ2v) is 4.52. The van der Waals surface area contributed by atoms with Crippen molar-refractivity contribution >= 4 is 11.0 Å². The number of benzene rings is 1. The van der Waals surface area contributed by atoms with Gasteiger partial charge >= 0.3 is 0 Å². The Kier molecular flexibility index (Phi) is 2.87. The van der Waals surface area contributed by atoms with Crippen LogP contribution in [0.5, 0.6) is 0 Å². The van der Waals surface area contributed by atoms with E-state index in [0.29, 0.717) is 6.04 Å². The van der Waals surface area contributed by atoms with E-state index in [-0.39, 0.29) is 6.10 Å². The van der Waals surface area contributed by atoms with Crippen molar-refractivity contribution < 1.29 is 9.15 Å². The van der Waals surface area contributed by atoms with Crippen LogP contribution >= 0.6 is 0 Å². The van der Waals surface area contributed by atoms with Crippen LogP contribution in [0.25, 0.3) is 11.0 Å². The number of hydrogen-bond acceptors (Lipinski definition) is 3. The number of nitrogens with one attached hydrogen (secondary N) is 1. The molecule has 17 heavy (non-hydrogen) atoms. The molecule has 0 saturated carbocycles. The van der Waals surface area contributed by atoms with Gasteiger partial charge in [-0.2, -0.15) is 0 Å². The smallest absolute Gasteiger partial charge is 0.135 e. The van der Waals surface area contributed by atoms with Crippen LogP contribution in [0.15, 0.2) is 34.7 Å². The minimum absolute atomic E-state index is 0.0465. The SMILES string of the molecule is CCC1COC(c2cc3ccccc3o2)CN1. The van der Waals surface area contributed by atoms with E-state index in [1.165, 1.54) is 0 Å². The third kappa shape index (κ3) is 2.08. The van der Waals surface area contributed by atoms with Gasteiger partial charge in [-0.25, -0.2) is 0 Å². The Morgan fingerprint density at radius 2 is 2.24 bits per heavy atom. The summed E-state index contributed by atoms with van der Waals surface area (Å²) in [6.45, 7) is 3.76. The molecule has 0 bridgehead atoms. The van der Waals surface area contributed by atoms with Gasteiger partial charge in [-0.15, -0.1) is 0 Å². The highest BCUT2D eigenvalue weighted by molar-refractivity contribution is 5.77. The maximum Gasteiger partial charge on any atom is 0.135 e. The Morgan fingerprint density at radius 3 is 2.94 bits per heavy atom. The van der Waals surface area contributed by atoms with Crippen molar-refractivity contribution in [3.63, 3.8) is 0 Å². The summed E-state index contributed by atoms with van der Waals surface area (Å²) in [5, 5.41) is 4.62. The zero-order chi connectivity index (χ0) is 11.7. The lowest BCUT2D eigenvalue weighted by Crippen LogP contribution is -2.42. The topological polar surface area (TPSA) is 34.4 Å². The molecule has 2 aromatic rings. The van der Waals surface area contributed by atoms with E-state index in [2.05, 4.69) is 24.4 Å². The second kappa shape index (κ2) is 4.51. The van der Waals surface area contributed by atoms with E-state index in [9.17, 15) is 0 Å². The van der Waals surface area contributed by atoms with Crippen molar-refractivity contribution in [2.24, 2.45) is 0 Å². The van der Waals surface area contributed by atoms with Gasteiger partial charge in [0.2, 0.25) is 0 Å². The lowest BCUT2D eigenvalue weighted by Gasteiger charge is -2.28. The molecule has 2 unspecified atom stereocenters. The van der Waals surface area contributed by atoms with Crippen molar-refractivity contribution in [2.45, 2.75) is 25.5 Å². The minimum Gasteiger partial charge on any atom is -0.458 e. The Bertz CT molecular complexity index is 465. The molecule has 1 aromatic heterocycles. The Hall–Kier alpha value is -1.32. The van der Waals surface area contributed by atoms with Gasteiger partial charge in [0.25, 0.3) is 0 Å². The van der Waals surface area contributed by atoms with Gasteiger partial charge in [0.15, 0.2) is 0 Å². The van der Waals surface area contributed by atoms with Crippen LogP contribution in [-0.2, 0) is 4.74 Å². The lowest BCUT2D eigenvalue weighted by atomic mass is 10.1. The predicted octanol–water partition coefficient (Wildman–Crippen LogP) is 2.87. The van der Waals surface area contributed by atoms with Gasteiger partial charge in [-0.3, -0.25) is 0 Å². The van der Waals surface area contributed by atoms with Gasteiger partial charge in [-0.1, -0.05) is 25.1 Å². The van der Waals surface area contributed by atoms with Gasteiger partial charge in [0.1, 0.15) is 17.4 Å². The highest BCUT2D eigenvalue weighted by Gasteiger charge is 2.23. The first kappa shape index (κ1) is 10.8. The van der Waals surface area contributed by atoms with Gasteiger partial charge in [-0.05, 0) is 18.6 Å². The summed E-state index contributed by atoms with van der Waals surface area (Å²) < 4.78 is 11.7. The number of fused-ring (bicyclic) bond motifs is 1. The van der Waals surface area contributed by atoms with Crippen molar-refractivity contribution in [1.29, 1.82) is 0 Å². The maximum atomic E-state index is 5.84. The molecule has 1 fully saturated rings. The second-order valence-electron chi connectivity index (χ2n) is 4.52. The summed E-state index contributed by atoms with van der Waals surface area (Å²) in [6.07, 6.45) is 1.15. The summed E-state index contributed by atoms with van der Waals surface area (Å²) in [6, 6.07) is 10.6. The number of furan rings is 1. The lowest BCUT2D eigenvalue weighted by molar-refractivity contribution is -0.00858. The number of ether oxygens (including phenoxy) is 1. The normalized spacial score (nSPS) is 25.2. The molecule has 2 atom stereocenters. The van der Waals surface area contributed by atoms with Crippen LogP contribution in [0.3, 0.4) is 0 Å². The van der Waals surface area contributed by atoms with Gasteiger partial charge in [0, 0.05) is 18.0 Å². The van der Waals surface area contributed by atoms with Crippen LogP contribution in [0.4, 0.5) is 0 Å². The standard InChI is InChI=1S/C14H17NO2/c1-2-11-9-16-14(8-15-11)13-7-10-5-3-4-6-12(10)17-13/h3-7,11,14-15H,2,8-9H2,1H3. The molecule has 0 spiro atoms. The summed E-state index contributed by atoms with van der Waals surface area (Å²) in [4.78, 5) is 0. The number of rotatable bonds is 2. The van der Waals surface area contributed by atoms with Crippen LogP contribution in [0, 0.1) is 0 Å². The average molecular weight is 231 g/mol. The zero-order valence-corrected chi connectivity index (χ0v) is 9.98. The largest absolute Gasteiger partial charge is 0.458 e. The quantitative estimate of drug-likeness (QED) is 0.863. The number of hydrogen-bond donors (Lipinski definition) is 1. The summed E-state index contributed by atoms with van der Waals surface area (Å²) in [5.74, 6) is 0.924. The Balaban J connectivity index is 1.80. The first-order valence-corrected chi connectivity index (χ1v) is 6.20. The molecule has 0 radical (unpaired) electrons. The molecule has 1 saturated heterocycles. The van der Waals surface area contributed by atoms with Crippen molar-refractivity contribution in [1.82, 2.24) is 5.32 Å². The number of morpholine rings is 1. The van der Waals surface area contributed by atoms with Crippen LogP contribution in [0.1, 0.15) is 25.2 Å². The van der Waals surface area contributed by atoms with Crippen molar-refractivity contribution in [3.05, 3.63) is 36.1 Å².